The number of hydrogen-bond donors (Lipinski definition) is 2. The van der Waals surface area contributed by atoms with E-state index in [9.17, 15) is 13.2 Å². The third kappa shape index (κ3) is 3.68. The number of carboxylic acids is 1. The number of hydrogen-bond acceptors (Lipinski definition) is 3. The van der Waals surface area contributed by atoms with E-state index in [-0.39, 0.29) is 0 Å². The predicted octanol–water partition coefficient (Wildman–Crippen LogP) is 2.43. The van der Waals surface area contributed by atoms with Crippen LogP contribution in [-0.4, -0.2) is 25.2 Å². The maximum absolute atomic E-state index is 11.5. The van der Waals surface area contributed by atoms with Crippen LogP contribution in [0.5, 0.6) is 0 Å². The molecule has 0 unspecified atom stereocenters. The molecule has 19 heavy (non-hydrogen) atoms. The van der Waals surface area contributed by atoms with Crippen molar-refractivity contribution in [2.24, 2.45) is 0 Å². The third-order valence-electron chi connectivity index (χ3n) is 2.39. The first kappa shape index (κ1) is 13.8. The summed E-state index contributed by atoms with van der Waals surface area (Å²) in [4.78, 5) is 10.4. The Labute approximate surface area is 118 Å². The van der Waals surface area contributed by atoms with Gasteiger partial charge in [-0.1, -0.05) is 28.1 Å². The van der Waals surface area contributed by atoms with Gasteiger partial charge in [0.05, 0.1) is 0 Å². The van der Waals surface area contributed by atoms with Crippen LogP contribution in [0.2, 0.25) is 0 Å². The number of carbonyl (C=O) groups is 1. The van der Waals surface area contributed by atoms with Crippen molar-refractivity contribution in [3.05, 3.63) is 40.9 Å². The lowest BCUT2D eigenvalue weighted by molar-refractivity contribution is -0.134. The highest BCUT2D eigenvalue weighted by molar-refractivity contribution is 9.10. The second kappa shape index (κ2) is 5.18. The summed E-state index contributed by atoms with van der Waals surface area (Å²) in [6, 6.07) is 10.6. The molecule has 0 spiro atoms. The van der Waals surface area contributed by atoms with E-state index in [1.54, 1.807) is 18.2 Å². The molecule has 0 aliphatic heterocycles. The first-order valence-corrected chi connectivity index (χ1v) is 7.72. The smallest absolute Gasteiger partial charge is 0.320 e. The Kier molecular flexibility index (Phi) is 3.77. The zero-order valence-electron chi connectivity index (χ0n) is 9.63. The molecule has 0 heterocycles. The molecule has 0 aliphatic rings. The van der Waals surface area contributed by atoms with E-state index in [2.05, 4.69) is 20.7 Å². The number of sulfonamides is 1. The van der Waals surface area contributed by atoms with Crippen LogP contribution in [0, 0.1) is 0 Å². The molecule has 5 nitrogen and oxygen atoms in total. The van der Waals surface area contributed by atoms with Crippen LogP contribution in [0.3, 0.4) is 0 Å². The zero-order chi connectivity index (χ0) is 14.0. The zero-order valence-corrected chi connectivity index (χ0v) is 12.0. The van der Waals surface area contributed by atoms with Crippen LogP contribution in [0.15, 0.2) is 40.9 Å². The Bertz CT molecular complexity index is 742. The molecule has 2 N–H and O–H groups in total. The van der Waals surface area contributed by atoms with Gasteiger partial charge in [-0.2, -0.15) is 0 Å². The van der Waals surface area contributed by atoms with Crippen LogP contribution < -0.4 is 4.72 Å². The van der Waals surface area contributed by atoms with Gasteiger partial charge in [-0.3, -0.25) is 9.52 Å². The summed E-state index contributed by atoms with van der Waals surface area (Å²) in [5.41, 5.74) is 0.344. The topological polar surface area (TPSA) is 83.5 Å². The molecule has 2 rings (SSSR count). The van der Waals surface area contributed by atoms with Gasteiger partial charge < -0.3 is 5.11 Å². The van der Waals surface area contributed by atoms with Gasteiger partial charge in [-0.25, -0.2) is 8.42 Å². The SMILES string of the molecule is O=C(O)CS(=O)(=O)Nc1ccc2cc(Br)ccc2c1. The van der Waals surface area contributed by atoms with Gasteiger partial charge >= 0.3 is 5.97 Å². The molecular formula is C12H10BrNO4S. The van der Waals surface area contributed by atoms with Crippen LogP contribution in [0.1, 0.15) is 0 Å². The van der Waals surface area contributed by atoms with Crippen LogP contribution in [0.25, 0.3) is 10.8 Å². The highest BCUT2D eigenvalue weighted by Gasteiger charge is 2.15. The van der Waals surface area contributed by atoms with E-state index in [0.717, 1.165) is 15.2 Å². The summed E-state index contributed by atoms with van der Waals surface area (Å²) in [6.45, 7) is 0. The van der Waals surface area contributed by atoms with Crippen molar-refractivity contribution in [3.63, 3.8) is 0 Å². The van der Waals surface area contributed by atoms with E-state index in [4.69, 9.17) is 5.11 Å². The molecule has 0 atom stereocenters. The molecule has 2 aromatic rings. The summed E-state index contributed by atoms with van der Waals surface area (Å²) < 4.78 is 26.2. The predicted molar refractivity (Wildman–Crippen MR) is 76.7 cm³/mol. The molecule has 0 aliphatic carbocycles. The van der Waals surface area contributed by atoms with Gasteiger partial charge in [0, 0.05) is 10.2 Å². The molecule has 0 radical (unpaired) electrons. The highest BCUT2D eigenvalue weighted by atomic mass is 79.9. The van der Waals surface area contributed by atoms with Crippen molar-refractivity contribution in [1.82, 2.24) is 0 Å². The highest BCUT2D eigenvalue weighted by Crippen LogP contribution is 2.23. The standard InChI is InChI=1S/C12H10BrNO4S/c13-10-3-1-9-6-11(4-2-8(9)5-10)14-19(17,18)7-12(15)16/h1-6,14H,7H2,(H,15,16). The van der Waals surface area contributed by atoms with Crippen LogP contribution in [0.4, 0.5) is 5.69 Å². The van der Waals surface area contributed by atoms with E-state index >= 15 is 0 Å². The summed E-state index contributed by atoms with van der Waals surface area (Å²) in [5, 5.41) is 10.3. The number of nitrogens with one attached hydrogen (secondary N) is 1. The summed E-state index contributed by atoms with van der Waals surface area (Å²) in [7, 11) is -3.87. The number of anilines is 1. The van der Waals surface area contributed by atoms with Gasteiger partial charge in [0.2, 0.25) is 10.0 Å². The minimum absolute atomic E-state index is 0.344. The monoisotopic (exact) mass is 343 g/mol. The van der Waals surface area contributed by atoms with Crippen molar-refractivity contribution >= 4 is 48.4 Å². The Morgan fingerprint density at radius 3 is 2.47 bits per heavy atom. The fraction of sp³-hybridized carbons (Fsp3) is 0.0833. The van der Waals surface area contributed by atoms with E-state index in [0.29, 0.717) is 5.69 Å². The Morgan fingerprint density at radius 1 is 1.16 bits per heavy atom. The van der Waals surface area contributed by atoms with E-state index < -0.39 is 21.7 Å². The first-order chi connectivity index (χ1) is 8.85. The van der Waals surface area contributed by atoms with Crippen molar-refractivity contribution in [2.75, 3.05) is 10.5 Å². The minimum Gasteiger partial charge on any atom is -0.480 e. The average Bonchev–Trinajstić information content (AvgIpc) is 2.27. The average molecular weight is 344 g/mol. The molecule has 7 heteroatoms. The minimum atomic E-state index is -3.87. The first-order valence-electron chi connectivity index (χ1n) is 5.27. The molecule has 100 valence electrons. The van der Waals surface area contributed by atoms with Crippen molar-refractivity contribution in [2.45, 2.75) is 0 Å². The molecule has 0 amide bonds. The molecule has 0 saturated heterocycles. The third-order valence-corrected chi connectivity index (χ3v) is 4.06. The van der Waals surface area contributed by atoms with Gasteiger partial charge in [0.25, 0.3) is 0 Å². The lowest BCUT2D eigenvalue weighted by Gasteiger charge is -2.07. The summed E-state index contributed by atoms with van der Waals surface area (Å²) in [6.07, 6.45) is 0. The number of fused-ring (bicyclic) bond motifs is 1. The molecule has 0 bridgehead atoms. The van der Waals surface area contributed by atoms with Gasteiger partial charge in [-0.15, -0.1) is 0 Å². The van der Waals surface area contributed by atoms with Gasteiger partial charge in [0.1, 0.15) is 0 Å². The number of benzene rings is 2. The fourth-order valence-electron chi connectivity index (χ4n) is 1.66. The number of carboxylic acid groups (broad SMARTS) is 1. The van der Waals surface area contributed by atoms with E-state index in [1.165, 1.54) is 0 Å². The largest absolute Gasteiger partial charge is 0.480 e. The van der Waals surface area contributed by atoms with Crippen LogP contribution >= 0.6 is 15.9 Å². The number of aliphatic carboxylic acids is 1. The van der Waals surface area contributed by atoms with Crippen molar-refractivity contribution < 1.29 is 18.3 Å². The quantitative estimate of drug-likeness (QED) is 0.892. The lowest BCUT2D eigenvalue weighted by Crippen LogP contribution is -2.22. The number of halogens is 1. The van der Waals surface area contributed by atoms with Crippen molar-refractivity contribution in [1.29, 1.82) is 0 Å². The van der Waals surface area contributed by atoms with E-state index in [1.807, 2.05) is 18.2 Å². The second-order valence-corrected chi connectivity index (χ2v) is 6.60. The normalized spacial score (nSPS) is 11.4. The Balaban J connectivity index is 2.32. The number of rotatable bonds is 4. The Hall–Kier alpha value is -1.60. The van der Waals surface area contributed by atoms with Crippen molar-refractivity contribution in [3.8, 4) is 0 Å². The molecule has 0 aromatic heterocycles. The summed E-state index contributed by atoms with van der Waals surface area (Å²) >= 11 is 3.35. The fourth-order valence-corrected chi connectivity index (χ4v) is 2.92. The molecule has 0 fully saturated rings. The molecule has 0 saturated carbocycles. The maximum atomic E-state index is 11.5. The van der Waals surface area contributed by atoms with Gasteiger partial charge in [-0.05, 0) is 35.0 Å². The Morgan fingerprint density at radius 2 is 1.79 bits per heavy atom. The maximum Gasteiger partial charge on any atom is 0.320 e. The lowest BCUT2D eigenvalue weighted by atomic mass is 10.1. The molecular weight excluding hydrogens is 334 g/mol. The van der Waals surface area contributed by atoms with Gasteiger partial charge in [0.15, 0.2) is 5.75 Å². The summed E-state index contributed by atoms with van der Waals surface area (Å²) in [5.74, 6) is -2.34. The second-order valence-electron chi connectivity index (χ2n) is 3.96. The molecule has 2 aromatic carbocycles. The van der Waals surface area contributed by atoms with Crippen LogP contribution in [-0.2, 0) is 14.8 Å².